The summed E-state index contributed by atoms with van der Waals surface area (Å²) < 4.78 is 227. The Morgan fingerprint density at radius 2 is 0.220 bits per heavy atom. The van der Waals surface area contributed by atoms with E-state index in [9.17, 15) is 0 Å². The van der Waals surface area contributed by atoms with Gasteiger partial charge in [0.15, 0.2) is 0 Å². The molecule has 3 atom stereocenters. The second-order valence-corrected chi connectivity index (χ2v) is 28.3. The van der Waals surface area contributed by atoms with Crippen LogP contribution in [0.1, 0.15) is 12.8 Å². The van der Waals surface area contributed by atoms with E-state index in [2.05, 4.69) is 12.2 Å². The Labute approximate surface area is 787 Å². The Kier molecular flexibility index (Phi) is 111. The fraction of sp³-hybridized carbons (Fsp3) is 0.978. The van der Waals surface area contributed by atoms with Crippen LogP contribution in [0, 0.1) is 17.8 Å². The number of rotatable bonds is 124. The van der Waals surface area contributed by atoms with Gasteiger partial charge in [-0.25, -0.2) is 0 Å². The van der Waals surface area contributed by atoms with Crippen molar-refractivity contribution < 1.29 is 199 Å². The topological polar surface area (TPSA) is 399 Å². The summed E-state index contributed by atoms with van der Waals surface area (Å²) in [6.07, 6.45) is 7.32. The molecular weight excluding hydrogens is 1750 g/mol. The van der Waals surface area contributed by atoms with Crippen LogP contribution >= 0.6 is 0 Å². The molecule has 0 aromatic heterocycles. The molecule has 0 amide bonds. The van der Waals surface area contributed by atoms with Gasteiger partial charge in [-0.05, 0) is 30.6 Å². The summed E-state index contributed by atoms with van der Waals surface area (Å²) in [4.78, 5) is 0. The van der Waals surface area contributed by atoms with Crippen molar-refractivity contribution >= 4 is 0 Å². The number of allylic oxidation sites excluding steroid dienone is 2. The lowest BCUT2D eigenvalue weighted by atomic mass is 9.95. The maximum atomic E-state index is 8.63. The zero-order valence-corrected chi connectivity index (χ0v) is 80.2. The predicted molar refractivity (Wildman–Crippen MR) is 480 cm³/mol. The summed E-state index contributed by atoms with van der Waals surface area (Å²) in [5.74, 6) is 2.21. The fourth-order valence-corrected chi connectivity index (χ4v) is 11.2. The van der Waals surface area contributed by atoms with E-state index < -0.39 is 0 Å². The van der Waals surface area contributed by atoms with Crippen molar-refractivity contribution in [2.45, 2.75) is 12.8 Å². The van der Waals surface area contributed by atoms with Crippen molar-refractivity contribution in [2.75, 3.05) is 548 Å². The molecule has 132 heavy (non-hydrogen) atoms. The van der Waals surface area contributed by atoms with Gasteiger partial charge in [0.1, 0.15) is 0 Å². The van der Waals surface area contributed by atoms with Crippen molar-refractivity contribution in [1.29, 1.82) is 0 Å². The third kappa shape index (κ3) is 105. The van der Waals surface area contributed by atoms with Crippen molar-refractivity contribution in [1.82, 2.24) is 0 Å². The lowest BCUT2D eigenvalue weighted by Crippen LogP contribution is -2.17. The molecule has 0 aliphatic heterocycles. The first-order valence-corrected chi connectivity index (χ1v) is 47.9. The zero-order chi connectivity index (χ0) is 93.2. The maximum absolute atomic E-state index is 8.63. The molecule has 0 saturated heterocycles. The van der Waals surface area contributed by atoms with Gasteiger partial charge in [-0.2, -0.15) is 0 Å². The van der Waals surface area contributed by atoms with Crippen LogP contribution in [0.3, 0.4) is 0 Å². The van der Waals surface area contributed by atoms with E-state index in [0.717, 1.165) is 18.4 Å². The number of aliphatic hydroxyl groups excluding tert-OH is 1. The highest BCUT2D eigenvalue weighted by Gasteiger charge is 2.35. The summed E-state index contributed by atoms with van der Waals surface area (Å²) in [7, 11) is 0. The van der Waals surface area contributed by atoms with Crippen LogP contribution in [0.4, 0.5) is 0 Å². The van der Waals surface area contributed by atoms with Crippen LogP contribution in [0.25, 0.3) is 0 Å². The Morgan fingerprint density at radius 1 is 0.121 bits per heavy atom. The summed E-state index contributed by atoms with van der Waals surface area (Å²) in [5, 5.41) is 8.63. The Morgan fingerprint density at radius 3 is 0.303 bits per heavy atom. The molecule has 2 bridgehead atoms. The summed E-state index contributed by atoms with van der Waals surface area (Å²) in [6.45, 7) is 40.1. The molecule has 1 N–H and O–H groups in total. The number of fused-ring (bicyclic) bond motifs is 2. The fourth-order valence-electron chi connectivity index (χ4n) is 11.2. The number of aliphatic hydroxyl groups is 1. The van der Waals surface area contributed by atoms with Gasteiger partial charge in [0.2, 0.25) is 0 Å². The molecular formula is C90H176O42. The lowest BCUT2D eigenvalue weighted by molar-refractivity contribution is -0.0329. The predicted octanol–water partition coefficient (Wildman–Crippen LogP) is 1.87. The van der Waals surface area contributed by atoms with Crippen molar-refractivity contribution in [2.24, 2.45) is 17.8 Å². The molecule has 0 aromatic carbocycles. The molecule has 788 valence electrons. The van der Waals surface area contributed by atoms with E-state index in [1.54, 1.807) is 0 Å². The second kappa shape index (κ2) is 116. The zero-order valence-electron chi connectivity index (χ0n) is 80.2. The monoisotopic (exact) mass is 1930 g/mol. The number of ether oxygens (including phenoxy) is 41. The highest BCUT2D eigenvalue weighted by Crippen LogP contribution is 2.43. The number of hydrogen-bond acceptors (Lipinski definition) is 42. The second-order valence-electron chi connectivity index (χ2n) is 28.3. The quantitative estimate of drug-likeness (QED) is 0.0671. The third-order valence-corrected chi connectivity index (χ3v) is 17.9. The molecule has 1 fully saturated rings. The molecule has 2 rings (SSSR count). The summed E-state index contributed by atoms with van der Waals surface area (Å²) in [5.41, 5.74) is 0. The van der Waals surface area contributed by atoms with Crippen molar-refractivity contribution in [3.05, 3.63) is 12.2 Å². The van der Waals surface area contributed by atoms with E-state index in [1.165, 1.54) is 12.8 Å². The molecule has 2 aliphatic rings. The van der Waals surface area contributed by atoms with E-state index in [0.29, 0.717) is 541 Å². The van der Waals surface area contributed by atoms with Crippen molar-refractivity contribution in [3.63, 3.8) is 0 Å². The largest absolute Gasteiger partial charge is 0.394 e. The molecule has 1 saturated carbocycles. The minimum absolute atomic E-state index is 0.0148. The maximum Gasteiger partial charge on any atom is 0.0701 e. The van der Waals surface area contributed by atoms with E-state index >= 15 is 0 Å². The van der Waals surface area contributed by atoms with E-state index in [-0.39, 0.29) is 6.61 Å². The molecule has 0 spiro atoms. The average Bonchev–Trinajstić information content (AvgIpc) is 1.68. The Balaban J connectivity index is 1.06. The summed E-state index contributed by atoms with van der Waals surface area (Å²) in [6, 6.07) is 0. The van der Waals surface area contributed by atoms with Crippen LogP contribution < -0.4 is 0 Å². The summed E-state index contributed by atoms with van der Waals surface area (Å²) >= 11 is 0. The third-order valence-electron chi connectivity index (χ3n) is 17.9. The average molecular weight is 1930 g/mol. The van der Waals surface area contributed by atoms with Gasteiger partial charge < -0.3 is 199 Å². The van der Waals surface area contributed by atoms with Crippen LogP contribution in [-0.4, -0.2) is 553 Å². The van der Waals surface area contributed by atoms with Gasteiger partial charge in [0.05, 0.1) is 548 Å². The standard InChI is InChI=1S/C90H176O42/c91-3-4-92-5-6-93-7-8-94-9-10-95-11-12-96-13-14-97-15-16-98-17-18-99-19-20-100-21-22-101-23-24-102-25-26-103-27-28-104-29-30-105-31-32-106-33-34-107-35-36-108-37-38-109-39-40-110-41-42-111-43-44-112-45-46-113-47-48-114-49-50-115-51-52-116-53-54-117-55-56-118-57-58-119-59-60-120-61-62-121-63-64-122-65-66-123-67-68-124-69-70-125-71-72-126-73-74-127-75-76-128-77-78-129-79-80-130-81-82-131-83-84-132-87-90-86-88-1-2-89(90)85-88/h1-2,88-91H,3-87H2. The van der Waals surface area contributed by atoms with E-state index in [1.807, 2.05) is 0 Å². The van der Waals surface area contributed by atoms with Crippen LogP contribution in [0.15, 0.2) is 12.2 Å². The molecule has 2 aliphatic carbocycles. The highest BCUT2D eigenvalue weighted by molar-refractivity contribution is 5.10. The Hall–Kier alpha value is -1.94. The molecule has 42 heteroatoms. The molecule has 0 radical (unpaired) electrons. The lowest BCUT2D eigenvalue weighted by Gasteiger charge is -2.17. The van der Waals surface area contributed by atoms with Gasteiger partial charge in [-0.3, -0.25) is 0 Å². The van der Waals surface area contributed by atoms with Crippen LogP contribution in [0.2, 0.25) is 0 Å². The van der Waals surface area contributed by atoms with Gasteiger partial charge in [-0.1, -0.05) is 12.2 Å². The van der Waals surface area contributed by atoms with Crippen LogP contribution in [-0.2, 0) is 194 Å². The van der Waals surface area contributed by atoms with E-state index in [4.69, 9.17) is 199 Å². The van der Waals surface area contributed by atoms with Gasteiger partial charge >= 0.3 is 0 Å². The van der Waals surface area contributed by atoms with Gasteiger partial charge in [0.25, 0.3) is 0 Å². The SMILES string of the molecule is OCCOCCOCCOCCOCCOCCOCCOCCOCCOCCOCCOCCOCCOCCOCCOCCOCCOCCOCCOCCOCCOCCOCCOCCOCCOCCOCCOCCOCCOCCOCCOCCOCCOCCOCCOCCOCCOCCOCCOCCOCCOCC1CC2C=CC1C2. The molecule has 42 nitrogen and oxygen atoms in total. The van der Waals surface area contributed by atoms with Gasteiger partial charge in [-0.15, -0.1) is 0 Å². The first kappa shape index (κ1) is 126. The normalized spacial score (nSPS) is 14.4. The smallest absolute Gasteiger partial charge is 0.0701 e. The molecule has 3 unspecified atom stereocenters. The first-order chi connectivity index (χ1) is 65.9. The highest BCUT2D eigenvalue weighted by atomic mass is 16.6. The first-order valence-electron chi connectivity index (χ1n) is 47.9. The molecule has 0 heterocycles. The minimum Gasteiger partial charge on any atom is -0.394 e. The molecule has 0 aromatic rings. The Bertz CT molecular complexity index is 1990. The van der Waals surface area contributed by atoms with Gasteiger partial charge in [0, 0.05) is 0 Å². The van der Waals surface area contributed by atoms with Crippen LogP contribution in [0.5, 0.6) is 0 Å². The minimum atomic E-state index is 0.0148. The number of hydrogen-bond donors (Lipinski definition) is 1. The van der Waals surface area contributed by atoms with Crippen molar-refractivity contribution in [3.8, 4) is 0 Å².